The Hall–Kier alpha value is -1.92. The third kappa shape index (κ3) is 7.43. The van der Waals surface area contributed by atoms with Crippen molar-refractivity contribution in [3.05, 3.63) is 16.8 Å². The molecule has 1 N–H and O–H groups in total. The first-order chi connectivity index (χ1) is 10.1. The number of nitrogens with zero attached hydrogens (tertiary/aromatic N) is 2. The largest absolute Gasteiger partial charge is 0.463 e. The van der Waals surface area contributed by atoms with Crippen molar-refractivity contribution in [2.75, 3.05) is 6.61 Å². The molecular weight excluding hydrogens is 274 g/mol. The van der Waals surface area contributed by atoms with E-state index in [9.17, 15) is 9.59 Å². The number of unbranched alkanes of at least 4 members (excludes halogenated alkanes) is 5. The Balaban J connectivity index is 2.18. The summed E-state index contributed by atoms with van der Waals surface area (Å²) in [5.74, 6) is -0.469. The van der Waals surface area contributed by atoms with Gasteiger partial charge in [-0.25, -0.2) is 9.59 Å². The van der Waals surface area contributed by atoms with Gasteiger partial charge in [0.1, 0.15) is 6.33 Å². The zero-order chi connectivity index (χ0) is 15.5. The second kappa shape index (κ2) is 9.90. The summed E-state index contributed by atoms with van der Waals surface area (Å²) in [6.45, 7) is 4.11. The number of aromatic nitrogens is 3. The lowest BCUT2D eigenvalue weighted by molar-refractivity contribution is -0.151. The van der Waals surface area contributed by atoms with E-state index in [1.54, 1.807) is 6.92 Å². The number of hydrogen-bond donors (Lipinski definition) is 1. The molecular formula is C14H23N3O4. The van der Waals surface area contributed by atoms with Gasteiger partial charge in [0, 0.05) is 0 Å². The molecule has 0 bridgehead atoms. The van der Waals surface area contributed by atoms with Gasteiger partial charge in [0.2, 0.25) is 0 Å². The summed E-state index contributed by atoms with van der Waals surface area (Å²) in [5, 5.41) is 0. The molecule has 1 heterocycles. The van der Waals surface area contributed by atoms with Gasteiger partial charge >= 0.3 is 11.7 Å². The summed E-state index contributed by atoms with van der Waals surface area (Å²) in [7, 11) is 0. The highest BCUT2D eigenvalue weighted by Gasteiger charge is 2.17. The number of carbonyl (C=O) groups is 1. The van der Waals surface area contributed by atoms with E-state index in [1.165, 1.54) is 25.7 Å². The highest BCUT2D eigenvalue weighted by Crippen LogP contribution is 2.06. The van der Waals surface area contributed by atoms with Crippen LogP contribution in [-0.2, 0) is 9.53 Å². The molecule has 7 nitrogen and oxygen atoms in total. The molecule has 1 rings (SSSR count). The molecule has 1 atom stereocenters. The zero-order valence-corrected chi connectivity index (χ0v) is 12.6. The van der Waals surface area contributed by atoms with Crippen molar-refractivity contribution >= 4 is 5.97 Å². The predicted molar refractivity (Wildman–Crippen MR) is 77.1 cm³/mol. The van der Waals surface area contributed by atoms with Gasteiger partial charge in [-0.3, -0.25) is 4.98 Å². The highest BCUT2D eigenvalue weighted by atomic mass is 16.6. The van der Waals surface area contributed by atoms with Gasteiger partial charge in [0.05, 0.1) is 6.61 Å². The number of aromatic amines is 1. The van der Waals surface area contributed by atoms with Gasteiger partial charge in [-0.2, -0.15) is 9.97 Å². The minimum atomic E-state index is -0.823. The fourth-order valence-electron chi connectivity index (χ4n) is 1.74. The maximum atomic E-state index is 11.7. The third-order valence-electron chi connectivity index (χ3n) is 2.93. The van der Waals surface area contributed by atoms with Gasteiger partial charge in [-0.15, -0.1) is 0 Å². The maximum Gasteiger partial charge on any atom is 0.350 e. The van der Waals surface area contributed by atoms with Crippen LogP contribution >= 0.6 is 0 Å². The van der Waals surface area contributed by atoms with Crippen molar-refractivity contribution in [2.24, 2.45) is 0 Å². The number of H-pyrrole nitrogens is 1. The molecule has 0 saturated heterocycles. The lowest BCUT2D eigenvalue weighted by atomic mass is 10.1. The number of rotatable bonds is 10. The first-order valence-electron chi connectivity index (χ1n) is 7.38. The Morgan fingerprint density at radius 3 is 2.67 bits per heavy atom. The normalized spacial score (nSPS) is 11.9. The Labute approximate surface area is 124 Å². The summed E-state index contributed by atoms with van der Waals surface area (Å²) in [6.07, 6.45) is 7.02. The molecule has 0 saturated carbocycles. The van der Waals surface area contributed by atoms with E-state index in [4.69, 9.17) is 9.47 Å². The van der Waals surface area contributed by atoms with Gasteiger partial charge < -0.3 is 9.47 Å². The average Bonchev–Trinajstić information content (AvgIpc) is 2.46. The molecule has 0 fully saturated rings. The van der Waals surface area contributed by atoms with E-state index >= 15 is 0 Å². The second-order valence-electron chi connectivity index (χ2n) is 4.80. The molecule has 0 aliphatic carbocycles. The summed E-state index contributed by atoms with van der Waals surface area (Å²) < 4.78 is 10.3. The standard InChI is InChI=1S/C14H23N3O4/c1-3-4-5-6-7-8-9-20-12(18)11(2)21-14-16-10-15-13(19)17-14/h10-11H,3-9H2,1-2H3,(H,15,16,17,19). The Bertz CT molecular complexity index is 475. The lowest BCUT2D eigenvalue weighted by Gasteiger charge is -2.12. The van der Waals surface area contributed by atoms with Crippen LogP contribution in [0.1, 0.15) is 52.4 Å². The molecule has 0 spiro atoms. The Morgan fingerprint density at radius 1 is 1.24 bits per heavy atom. The number of ether oxygens (including phenoxy) is 2. The first kappa shape index (κ1) is 17.1. The fourth-order valence-corrected chi connectivity index (χ4v) is 1.74. The minimum Gasteiger partial charge on any atom is -0.463 e. The number of carbonyl (C=O) groups excluding carboxylic acids is 1. The van der Waals surface area contributed by atoms with Crippen LogP contribution in [0.4, 0.5) is 0 Å². The number of hydrogen-bond acceptors (Lipinski definition) is 6. The van der Waals surface area contributed by atoms with Crippen LogP contribution in [0, 0.1) is 0 Å². The van der Waals surface area contributed by atoms with Crippen molar-refractivity contribution < 1.29 is 14.3 Å². The van der Waals surface area contributed by atoms with Crippen molar-refractivity contribution in [2.45, 2.75) is 58.5 Å². The molecule has 0 aromatic carbocycles. The highest BCUT2D eigenvalue weighted by molar-refractivity contribution is 5.74. The summed E-state index contributed by atoms with van der Waals surface area (Å²) in [6, 6.07) is -0.0426. The maximum absolute atomic E-state index is 11.7. The van der Waals surface area contributed by atoms with Crippen LogP contribution in [-0.4, -0.2) is 33.6 Å². The smallest absolute Gasteiger partial charge is 0.350 e. The van der Waals surface area contributed by atoms with Crippen LogP contribution in [0.5, 0.6) is 6.01 Å². The number of esters is 1. The van der Waals surface area contributed by atoms with Gasteiger partial charge in [-0.1, -0.05) is 39.0 Å². The van der Waals surface area contributed by atoms with Gasteiger partial charge in [0.15, 0.2) is 6.10 Å². The van der Waals surface area contributed by atoms with E-state index in [0.717, 1.165) is 19.2 Å². The SMILES string of the molecule is CCCCCCCCOC(=O)C(C)Oc1ncnc(=O)[nH]1. The molecule has 118 valence electrons. The van der Waals surface area contributed by atoms with Gasteiger partial charge in [-0.05, 0) is 13.3 Å². The molecule has 1 aromatic rings. The lowest BCUT2D eigenvalue weighted by Crippen LogP contribution is -2.28. The topological polar surface area (TPSA) is 94.2 Å². The van der Waals surface area contributed by atoms with Crippen molar-refractivity contribution in [1.82, 2.24) is 15.0 Å². The molecule has 0 aliphatic heterocycles. The van der Waals surface area contributed by atoms with Crippen molar-refractivity contribution in [1.29, 1.82) is 0 Å². The van der Waals surface area contributed by atoms with Crippen molar-refractivity contribution in [3.8, 4) is 6.01 Å². The van der Waals surface area contributed by atoms with E-state index in [-0.39, 0.29) is 6.01 Å². The van der Waals surface area contributed by atoms with Crippen LogP contribution in [0.2, 0.25) is 0 Å². The summed E-state index contributed by atoms with van der Waals surface area (Å²) in [4.78, 5) is 32.0. The molecule has 0 amide bonds. The average molecular weight is 297 g/mol. The van der Waals surface area contributed by atoms with Crippen molar-refractivity contribution in [3.63, 3.8) is 0 Å². The van der Waals surface area contributed by atoms with Crippen LogP contribution < -0.4 is 10.4 Å². The molecule has 21 heavy (non-hydrogen) atoms. The second-order valence-corrected chi connectivity index (χ2v) is 4.80. The van der Waals surface area contributed by atoms with E-state index in [1.807, 2.05) is 0 Å². The van der Waals surface area contributed by atoms with Crippen LogP contribution in [0.15, 0.2) is 11.1 Å². The number of nitrogens with one attached hydrogen (secondary N) is 1. The molecule has 7 heteroatoms. The van der Waals surface area contributed by atoms with Crippen LogP contribution in [0.25, 0.3) is 0 Å². The van der Waals surface area contributed by atoms with Gasteiger partial charge in [0.25, 0.3) is 6.01 Å². The van der Waals surface area contributed by atoms with Crippen LogP contribution in [0.3, 0.4) is 0 Å². The molecule has 0 aliphatic rings. The first-order valence-corrected chi connectivity index (χ1v) is 7.38. The summed E-state index contributed by atoms with van der Waals surface area (Å²) in [5.41, 5.74) is -0.576. The quantitative estimate of drug-likeness (QED) is 0.523. The minimum absolute atomic E-state index is 0.0426. The molecule has 0 radical (unpaired) electrons. The fraction of sp³-hybridized carbons (Fsp3) is 0.714. The monoisotopic (exact) mass is 297 g/mol. The Kier molecular flexibility index (Phi) is 8.08. The predicted octanol–water partition coefficient (Wildman–Crippen LogP) is 1.84. The Morgan fingerprint density at radius 2 is 1.95 bits per heavy atom. The van der Waals surface area contributed by atoms with E-state index in [2.05, 4.69) is 21.9 Å². The summed E-state index contributed by atoms with van der Waals surface area (Å²) >= 11 is 0. The van der Waals surface area contributed by atoms with E-state index < -0.39 is 17.8 Å². The zero-order valence-electron chi connectivity index (χ0n) is 12.6. The van der Waals surface area contributed by atoms with E-state index in [0.29, 0.717) is 6.61 Å². The molecule has 1 unspecified atom stereocenters. The molecule has 1 aromatic heterocycles. The third-order valence-corrected chi connectivity index (χ3v) is 2.93.